The Bertz CT molecular complexity index is 346. The molecule has 1 aromatic carbocycles. The number of nitrogens with one attached hydrogen (secondary N) is 1. The number of amides is 1. The van der Waals surface area contributed by atoms with E-state index in [9.17, 15) is 9.59 Å². The molecule has 0 aliphatic heterocycles. The summed E-state index contributed by atoms with van der Waals surface area (Å²) in [5, 5.41) is 2.13. The van der Waals surface area contributed by atoms with Crippen molar-refractivity contribution < 1.29 is 9.59 Å². The van der Waals surface area contributed by atoms with E-state index >= 15 is 0 Å². The van der Waals surface area contributed by atoms with Crippen molar-refractivity contribution >= 4 is 22.8 Å². The molecule has 74 valence electrons. The zero-order valence-electron chi connectivity index (χ0n) is 7.71. The predicted molar refractivity (Wildman–Crippen MR) is 54.6 cm³/mol. The van der Waals surface area contributed by atoms with Gasteiger partial charge in [0.15, 0.2) is 0 Å². The lowest BCUT2D eigenvalue weighted by molar-refractivity contribution is 0.0955. The van der Waals surface area contributed by atoms with Crippen LogP contribution in [0.3, 0.4) is 0 Å². The van der Waals surface area contributed by atoms with Gasteiger partial charge in [0.25, 0.3) is 11.1 Å². The molecule has 4 heteroatoms. The molecule has 1 aromatic rings. The first-order valence-electron chi connectivity index (χ1n) is 4.23. The highest BCUT2D eigenvalue weighted by atomic mass is 35.5. The summed E-state index contributed by atoms with van der Waals surface area (Å²) in [5.74, 6) is -0.152. The number of hydrogen-bond acceptors (Lipinski definition) is 2. The fraction of sp³-hybridized carbons (Fsp3) is 0.200. The maximum Gasteiger partial charge on any atom is 0.252 e. The Balaban J connectivity index is 2.83. The van der Waals surface area contributed by atoms with Crippen molar-refractivity contribution in [2.75, 3.05) is 6.54 Å². The first-order valence-corrected chi connectivity index (χ1v) is 4.61. The predicted octanol–water partition coefficient (Wildman–Crippen LogP) is 1.82. The SMILES string of the molecule is CCNC(=O)c1ccc(C(=O)Cl)cc1. The Morgan fingerprint density at radius 2 is 1.71 bits per heavy atom. The van der Waals surface area contributed by atoms with Gasteiger partial charge in [0.05, 0.1) is 0 Å². The van der Waals surface area contributed by atoms with Crippen LogP contribution in [0.25, 0.3) is 0 Å². The molecular weight excluding hydrogens is 202 g/mol. The molecule has 0 atom stereocenters. The molecule has 0 fully saturated rings. The third-order valence-corrected chi connectivity index (χ3v) is 1.93. The van der Waals surface area contributed by atoms with Crippen molar-refractivity contribution in [1.82, 2.24) is 5.32 Å². The van der Waals surface area contributed by atoms with E-state index in [1.807, 2.05) is 6.92 Å². The molecule has 0 saturated heterocycles. The first kappa shape index (κ1) is 10.7. The van der Waals surface area contributed by atoms with Crippen molar-refractivity contribution in [2.45, 2.75) is 6.92 Å². The van der Waals surface area contributed by atoms with Crippen LogP contribution in [0.15, 0.2) is 24.3 Å². The van der Waals surface area contributed by atoms with Crippen LogP contribution in [0.1, 0.15) is 27.6 Å². The Morgan fingerprint density at radius 1 is 1.21 bits per heavy atom. The summed E-state index contributed by atoms with van der Waals surface area (Å²) < 4.78 is 0. The minimum absolute atomic E-state index is 0.152. The average Bonchev–Trinajstić information content (AvgIpc) is 2.18. The minimum atomic E-state index is -0.521. The third-order valence-electron chi connectivity index (χ3n) is 1.71. The third kappa shape index (κ3) is 2.57. The number of halogens is 1. The molecule has 0 aliphatic carbocycles. The van der Waals surface area contributed by atoms with Crippen molar-refractivity contribution in [3.8, 4) is 0 Å². The lowest BCUT2D eigenvalue weighted by Crippen LogP contribution is -2.22. The van der Waals surface area contributed by atoms with E-state index in [1.165, 1.54) is 12.1 Å². The minimum Gasteiger partial charge on any atom is -0.352 e. The molecule has 0 radical (unpaired) electrons. The second-order valence-electron chi connectivity index (χ2n) is 2.71. The van der Waals surface area contributed by atoms with E-state index in [-0.39, 0.29) is 5.91 Å². The second-order valence-corrected chi connectivity index (χ2v) is 3.05. The van der Waals surface area contributed by atoms with Crippen LogP contribution in [0.4, 0.5) is 0 Å². The van der Waals surface area contributed by atoms with Gasteiger partial charge in [-0.1, -0.05) is 0 Å². The number of carbonyl (C=O) groups excluding carboxylic acids is 2. The molecule has 1 rings (SSSR count). The van der Waals surface area contributed by atoms with Gasteiger partial charge in [0.2, 0.25) is 0 Å². The van der Waals surface area contributed by atoms with Crippen molar-refractivity contribution in [2.24, 2.45) is 0 Å². The van der Waals surface area contributed by atoms with Crippen LogP contribution in [0.5, 0.6) is 0 Å². The lowest BCUT2D eigenvalue weighted by Gasteiger charge is -2.01. The summed E-state index contributed by atoms with van der Waals surface area (Å²) in [5.41, 5.74) is 0.910. The van der Waals surface area contributed by atoms with Crippen LogP contribution < -0.4 is 5.32 Å². The normalized spacial score (nSPS) is 9.57. The number of hydrogen-bond donors (Lipinski definition) is 1. The van der Waals surface area contributed by atoms with Gasteiger partial charge >= 0.3 is 0 Å². The van der Waals surface area contributed by atoms with E-state index in [4.69, 9.17) is 11.6 Å². The maximum absolute atomic E-state index is 11.3. The molecule has 0 aromatic heterocycles. The molecule has 0 spiro atoms. The molecular formula is C10H10ClNO2. The highest BCUT2D eigenvalue weighted by Gasteiger charge is 2.05. The Kier molecular flexibility index (Phi) is 3.65. The van der Waals surface area contributed by atoms with Gasteiger partial charge in [-0.05, 0) is 42.8 Å². The molecule has 0 saturated carbocycles. The smallest absolute Gasteiger partial charge is 0.252 e. The number of rotatable bonds is 3. The summed E-state index contributed by atoms with van der Waals surface area (Å²) in [7, 11) is 0. The molecule has 0 bridgehead atoms. The van der Waals surface area contributed by atoms with E-state index in [0.29, 0.717) is 17.7 Å². The van der Waals surface area contributed by atoms with Crippen LogP contribution in [0, 0.1) is 0 Å². The van der Waals surface area contributed by atoms with E-state index < -0.39 is 5.24 Å². The lowest BCUT2D eigenvalue weighted by atomic mass is 10.1. The van der Waals surface area contributed by atoms with Crippen molar-refractivity contribution in [3.05, 3.63) is 35.4 Å². The average molecular weight is 212 g/mol. The van der Waals surface area contributed by atoms with Gasteiger partial charge in [-0.2, -0.15) is 0 Å². The van der Waals surface area contributed by atoms with Crippen LogP contribution in [-0.2, 0) is 0 Å². The fourth-order valence-electron chi connectivity index (χ4n) is 1.02. The topological polar surface area (TPSA) is 46.2 Å². The Labute approximate surface area is 87.1 Å². The molecule has 3 nitrogen and oxygen atoms in total. The van der Waals surface area contributed by atoms with Crippen LogP contribution in [-0.4, -0.2) is 17.7 Å². The highest BCUT2D eigenvalue weighted by Crippen LogP contribution is 2.06. The van der Waals surface area contributed by atoms with Gasteiger partial charge in [0.1, 0.15) is 0 Å². The summed E-state index contributed by atoms with van der Waals surface area (Å²) in [6.07, 6.45) is 0. The Hall–Kier alpha value is -1.35. The molecule has 14 heavy (non-hydrogen) atoms. The fourth-order valence-corrected chi connectivity index (χ4v) is 1.14. The van der Waals surface area contributed by atoms with E-state index in [1.54, 1.807) is 12.1 Å². The van der Waals surface area contributed by atoms with Crippen molar-refractivity contribution in [1.29, 1.82) is 0 Å². The van der Waals surface area contributed by atoms with Crippen molar-refractivity contribution in [3.63, 3.8) is 0 Å². The Morgan fingerprint density at radius 3 is 2.14 bits per heavy atom. The van der Waals surface area contributed by atoms with Gasteiger partial charge < -0.3 is 5.32 Å². The van der Waals surface area contributed by atoms with E-state index in [2.05, 4.69) is 5.32 Å². The maximum atomic E-state index is 11.3. The molecule has 0 heterocycles. The quantitative estimate of drug-likeness (QED) is 0.776. The zero-order valence-corrected chi connectivity index (χ0v) is 8.47. The summed E-state index contributed by atoms with van der Waals surface area (Å²) >= 11 is 5.26. The van der Waals surface area contributed by atoms with Crippen LogP contribution in [0.2, 0.25) is 0 Å². The zero-order chi connectivity index (χ0) is 10.6. The second kappa shape index (κ2) is 4.77. The largest absolute Gasteiger partial charge is 0.352 e. The van der Waals surface area contributed by atoms with Gasteiger partial charge in [-0.25, -0.2) is 0 Å². The highest BCUT2D eigenvalue weighted by molar-refractivity contribution is 6.67. The molecule has 0 aliphatic rings. The van der Waals surface area contributed by atoms with Gasteiger partial charge in [-0.15, -0.1) is 0 Å². The summed E-state index contributed by atoms with van der Waals surface area (Å²) in [4.78, 5) is 22.0. The molecule has 1 amide bonds. The van der Waals surface area contributed by atoms with E-state index in [0.717, 1.165) is 0 Å². The standard InChI is InChI=1S/C10H10ClNO2/c1-2-12-10(14)8-5-3-7(4-6-8)9(11)13/h3-6H,2H2,1H3,(H,12,14). The van der Waals surface area contributed by atoms with Crippen LogP contribution >= 0.6 is 11.6 Å². The molecule has 0 unspecified atom stereocenters. The summed E-state index contributed by atoms with van der Waals surface area (Å²) in [6, 6.07) is 6.20. The van der Waals surface area contributed by atoms with Gasteiger partial charge in [0, 0.05) is 17.7 Å². The first-order chi connectivity index (χ1) is 6.65. The monoisotopic (exact) mass is 211 g/mol. The number of carbonyl (C=O) groups is 2. The number of benzene rings is 1. The van der Waals surface area contributed by atoms with Gasteiger partial charge in [-0.3, -0.25) is 9.59 Å². The molecule has 1 N–H and O–H groups in total. The summed E-state index contributed by atoms with van der Waals surface area (Å²) in [6.45, 7) is 2.42.